The van der Waals surface area contributed by atoms with Gasteiger partial charge in [-0.05, 0) is 104 Å². The number of aromatic hydroxyl groups is 3. The number of unbranched alkanes of at least 4 members (excludes halogenated alkanes) is 35. The largest absolute Gasteiger partial charge is 0.507 e. The maximum Gasteiger partial charge on any atom is 0.329 e. The molecule has 3 aromatic carbocycles. The lowest BCUT2D eigenvalue weighted by Crippen LogP contribution is -2.30. The third-order valence-electron chi connectivity index (χ3n) is 20.6. The molecule has 1 heterocycles. The zero-order valence-corrected chi connectivity index (χ0v) is 71.9. The van der Waals surface area contributed by atoms with Gasteiger partial charge in [0.15, 0.2) is 28.2 Å². The van der Waals surface area contributed by atoms with Crippen molar-refractivity contribution in [2.45, 2.75) is 445 Å². The van der Waals surface area contributed by atoms with Crippen molar-refractivity contribution in [2.24, 2.45) is 0 Å². The lowest BCUT2D eigenvalue weighted by molar-refractivity contribution is 0.0377. The standard InChI is InChI=1S/C51H97O4P.C39H59N3O4S/c1-9-11-13-15-17-19-21-23-25-27-29-31-33-35-37-39-41-51(55-56(53)54,45-43-46(49(3,4)5)48(52)47(44-45)50(6,7)8)42-40-38-36-34-32-30-28-26-24-22-20-18-16-14-12-10-2;1-14-15-16-17-18-19-20-47-35-41-33(45-29-23-25(36(2,3)4)21-27(31(29)43)38(8,9)10)40-34(42-35)46-30-24-26(37(5,6)7)22-28(32(30)44)39(11,12)13/h43-44,52,56H,9-42H2,1-8H3,(H,53,54);21-24,43-44H,14-20H2,1-13H3. The Labute approximate surface area is 637 Å². The Morgan fingerprint density at radius 1 is 0.330 bits per heavy atom. The van der Waals surface area contributed by atoms with E-state index in [1.165, 1.54) is 217 Å². The van der Waals surface area contributed by atoms with Gasteiger partial charge in [0.05, 0.1) is 0 Å². The summed E-state index contributed by atoms with van der Waals surface area (Å²) < 4.78 is 31.5. The van der Waals surface area contributed by atoms with Gasteiger partial charge >= 0.3 is 20.3 Å². The Hall–Kier alpha value is -3.83. The van der Waals surface area contributed by atoms with Crippen molar-refractivity contribution in [2.75, 3.05) is 5.75 Å². The summed E-state index contributed by atoms with van der Waals surface area (Å²) in [5, 5.41) is 34.8. The summed E-state index contributed by atoms with van der Waals surface area (Å²) >= 11 is 1.52. The highest BCUT2D eigenvalue weighted by molar-refractivity contribution is 7.99. The van der Waals surface area contributed by atoms with E-state index in [0.29, 0.717) is 10.9 Å². The minimum absolute atomic E-state index is 0.0178. The molecule has 1 unspecified atom stereocenters. The van der Waals surface area contributed by atoms with Crippen LogP contribution in [0.2, 0.25) is 0 Å². The highest BCUT2D eigenvalue weighted by Gasteiger charge is 2.38. The number of rotatable bonds is 49. The van der Waals surface area contributed by atoms with Gasteiger partial charge in [-0.3, -0.25) is 9.09 Å². The van der Waals surface area contributed by atoms with Gasteiger partial charge in [0, 0.05) is 16.9 Å². The molecule has 0 saturated heterocycles. The molecule has 11 nitrogen and oxygen atoms in total. The minimum atomic E-state index is -3.20. The predicted octanol–water partition coefficient (Wildman–Crippen LogP) is 29.4. The van der Waals surface area contributed by atoms with E-state index < -0.39 is 13.9 Å². The second-order valence-electron chi connectivity index (χ2n) is 36.6. The first kappa shape index (κ1) is 93.4. The van der Waals surface area contributed by atoms with Gasteiger partial charge in [0.1, 0.15) is 11.4 Å². The summed E-state index contributed by atoms with van der Waals surface area (Å²) in [6, 6.07) is 12.0. The normalized spacial score (nSPS) is 13.0. The molecule has 4 N–H and O–H groups in total. The van der Waals surface area contributed by atoms with Crippen LogP contribution in [-0.4, -0.2) is 40.9 Å². The Bertz CT molecular complexity index is 2840. The van der Waals surface area contributed by atoms with Gasteiger partial charge in [0.25, 0.3) is 0 Å². The zero-order valence-electron chi connectivity index (χ0n) is 70.1. The maximum absolute atomic E-state index is 12.7. The smallest absolute Gasteiger partial charge is 0.329 e. The van der Waals surface area contributed by atoms with Crippen molar-refractivity contribution in [1.82, 2.24) is 15.0 Å². The molecule has 4 aromatic rings. The third kappa shape index (κ3) is 36.3. The molecule has 590 valence electrons. The Morgan fingerprint density at radius 3 is 0.845 bits per heavy atom. The Balaban J connectivity index is 0.000000542. The summed E-state index contributed by atoms with van der Waals surface area (Å²) in [4.78, 5) is 24.2. The molecule has 4 rings (SSSR count). The van der Waals surface area contributed by atoms with Crippen LogP contribution in [0.3, 0.4) is 0 Å². The summed E-state index contributed by atoms with van der Waals surface area (Å²) in [6.07, 6.45) is 51.0. The number of phenolic OH excluding ortho intramolecular Hbond substituents is 3. The highest BCUT2D eigenvalue weighted by atomic mass is 32.2. The number of benzene rings is 3. The van der Waals surface area contributed by atoms with E-state index in [1.807, 2.05) is 24.3 Å². The molecule has 0 amide bonds. The van der Waals surface area contributed by atoms with E-state index >= 15 is 0 Å². The lowest BCUT2D eigenvalue weighted by atomic mass is 9.74. The number of phenols is 3. The molecule has 103 heavy (non-hydrogen) atoms. The number of nitrogens with zero attached hydrogens (tertiary/aromatic N) is 3. The molecule has 1 aromatic heterocycles. The van der Waals surface area contributed by atoms with Crippen LogP contribution in [0, 0.1) is 0 Å². The molecule has 13 heteroatoms. The Morgan fingerprint density at radius 2 is 0.583 bits per heavy atom. The van der Waals surface area contributed by atoms with Gasteiger partial charge in [0.2, 0.25) is 0 Å². The summed E-state index contributed by atoms with van der Waals surface area (Å²) in [6.45, 7) is 44.8. The van der Waals surface area contributed by atoms with Crippen LogP contribution in [0.1, 0.15) is 441 Å². The first-order chi connectivity index (χ1) is 48.4. The molecule has 0 saturated carbocycles. The fourth-order valence-electron chi connectivity index (χ4n) is 13.8. The van der Waals surface area contributed by atoms with E-state index in [1.54, 1.807) is 0 Å². The van der Waals surface area contributed by atoms with Crippen molar-refractivity contribution >= 4 is 20.0 Å². The number of thioether (sulfide) groups is 1. The van der Waals surface area contributed by atoms with Crippen molar-refractivity contribution in [3.8, 4) is 40.8 Å². The molecule has 0 fully saturated rings. The number of hydrogen-bond acceptors (Lipinski definition) is 11. The van der Waals surface area contributed by atoms with Gasteiger partial charge in [-0.15, -0.1) is 4.98 Å². The van der Waals surface area contributed by atoms with E-state index in [-0.39, 0.29) is 67.5 Å². The van der Waals surface area contributed by atoms with Crippen molar-refractivity contribution in [1.29, 1.82) is 0 Å². The molecule has 0 aliphatic heterocycles. The second-order valence-corrected chi connectivity index (χ2v) is 38.4. The van der Waals surface area contributed by atoms with Gasteiger partial charge in [-0.25, -0.2) is 0 Å². The van der Waals surface area contributed by atoms with Crippen LogP contribution in [0.15, 0.2) is 41.6 Å². The molecular weight excluding hydrogens is 1310 g/mol. The molecule has 0 aliphatic carbocycles. The SMILES string of the molecule is CCCCCCCCCCCCCCCCCCC(CCCCCCCCCCCCCCCCCC)(O[PH](=O)O)c1cc(C(C)(C)C)c(O)c(C(C)(C)C)c1.CCCCCCCCSc1nc(Oc2cc(C(C)(C)C)cc(C(C)(C)C)c2O)nc(Oc2cc(C(C)(C)C)cc(C(C)(C)C)c2O)n1. The molecular formula is C90H156N3O8PS. The molecule has 0 radical (unpaired) electrons. The van der Waals surface area contributed by atoms with E-state index in [2.05, 4.69) is 172 Å². The zero-order chi connectivity index (χ0) is 76.9. The lowest BCUT2D eigenvalue weighted by Gasteiger charge is -2.37. The van der Waals surface area contributed by atoms with Gasteiger partial charge in [-0.2, -0.15) is 9.97 Å². The summed E-state index contributed by atoms with van der Waals surface area (Å²) in [7, 11) is -3.20. The summed E-state index contributed by atoms with van der Waals surface area (Å²) in [5.74, 6) is 1.86. The fraction of sp³-hybridized carbons (Fsp3) is 0.767. The van der Waals surface area contributed by atoms with Crippen molar-refractivity contribution in [3.63, 3.8) is 0 Å². The molecule has 0 aliphatic rings. The molecule has 0 spiro atoms. The minimum Gasteiger partial charge on any atom is -0.507 e. The van der Waals surface area contributed by atoms with Gasteiger partial charge < -0.3 is 29.7 Å². The average molecular weight is 1470 g/mol. The fourth-order valence-corrected chi connectivity index (χ4v) is 15.3. The second kappa shape index (κ2) is 47.2. The molecule has 1 atom stereocenters. The van der Waals surface area contributed by atoms with Crippen LogP contribution in [0.25, 0.3) is 0 Å². The van der Waals surface area contributed by atoms with Gasteiger partial charge in [-0.1, -0.05) is 407 Å². The van der Waals surface area contributed by atoms with Crippen molar-refractivity contribution < 1.29 is 38.8 Å². The topological polar surface area (TPSA) is 164 Å². The van der Waals surface area contributed by atoms with Crippen molar-refractivity contribution in [3.05, 3.63) is 75.3 Å². The van der Waals surface area contributed by atoms with Crippen LogP contribution in [0.4, 0.5) is 0 Å². The van der Waals surface area contributed by atoms with Crippen LogP contribution >= 0.6 is 20.0 Å². The first-order valence-electron chi connectivity index (χ1n) is 41.7. The third-order valence-corrected chi connectivity index (χ3v) is 22.1. The van der Waals surface area contributed by atoms with Crippen LogP contribution in [0.5, 0.6) is 40.8 Å². The number of hydrogen-bond donors (Lipinski definition) is 4. The summed E-state index contributed by atoms with van der Waals surface area (Å²) in [5.41, 5.74) is 3.97. The van der Waals surface area contributed by atoms with E-state index in [0.717, 1.165) is 96.1 Å². The monoisotopic (exact) mass is 1470 g/mol. The van der Waals surface area contributed by atoms with Crippen LogP contribution < -0.4 is 9.47 Å². The van der Waals surface area contributed by atoms with Crippen LogP contribution in [-0.2, 0) is 47.2 Å². The first-order valence-corrected chi connectivity index (χ1v) is 43.9. The molecule has 0 bridgehead atoms. The maximum atomic E-state index is 12.7. The average Bonchev–Trinajstić information content (AvgIpc) is 0.782. The number of aromatic nitrogens is 3. The predicted molar refractivity (Wildman–Crippen MR) is 443 cm³/mol. The quantitative estimate of drug-likeness (QED) is 0.0188. The Kier molecular flexibility index (Phi) is 42.8. The highest BCUT2D eigenvalue weighted by Crippen LogP contribution is 2.50. The van der Waals surface area contributed by atoms with E-state index in [4.69, 9.17) is 14.0 Å². The van der Waals surface area contributed by atoms with E-state index in [9.17, 15) is 24.8 Å². The number of ether oxygens (including phenoxy) is 2.